The van der Waals surface area contributed by atoms with Gasteiger partial charge >= 0.3 is 0 Å². The first-order valence-corrected chi connectivity index (χ1v) is 6.10. The van der Waals surface area contributed by atoms with Crippen molar-refractivity contribution in [3.8, 4) is 0 Å². The van der Waals surface area contributed by atoms with E-state index in [2.05, 4.69) is 26.1 Å². The minimum atomic E-state index is -0.0701. The average Bonchev–Trinajstić information content (AvgIpc) is 2.80. The third-order valence-electron chi connectivity index (χ3n) is 2.54. The van der Waals surface area contributed by atoms with Crippen molar-refractivity contribution in [3.63, 3.8) is 0 Å². The SMILES string of the molecule is CCn1ncc(Br)c1C(=O)c1cc(C)nn1C. The molecular formula is C11H13BrN4O. The van der Waals surface area contributed by atoms with E-state index in [1.807, 2.05) is 13.8 Å². The Morgan fingerprint density at radius 1 is 1.53 bits per heavy atom. The van der Waals surface area contributed by atoms with Gasteiger partial charge in [0.15, 0.2) is 0 Å². The highest BCUT2D eigenvalue weighted by Gasteiger charge is 2.21. The molecule has 0 spiro atoms. The fourth-order valence-electron chi connectivity index (χ4n) is 1.77. The molecule has 0 atom stereocenters. The van der Waals surface area contributed by atoms with E-state index in [-0.39, 0.29) is 5.78 Å². The first-order chi connectivity index (χ1) is 8.04. The van der Waals surface area contributed by atoms with Gasteiger partial charge in [0.1, 0.15) is 11.4 Å². The molecule has 6 heteroatoms. The zero-order chi connectivity index (χ0) is 12.6. The van der Waals surface area contributed by atoms with E-state index in [0.717, 1.165) is 5.69 Å². The number of hydrogen-bond acceptors (Lipinski definition) is 3. The zero-order valence-electron chi connectivity index (χ0n) is 9.94. The number of aryl methyl sites for hydroxylation is 3. The van der Waals surface area contributed by atoms with Crippen molar-refractivity contribution in [2.24, 2.45) is 7.05 Å². The minimum absolute atomic E-state index is 0.0701. The van der Waals surface area contributed by atoms with Crippen LogP contribution in [-0.2, 0) is 13.6 Å². The molecule has 90 valence electrons. The highest BCUT2D eigenvalue weighted by molar-refractivity contribution is 9.10. The van der Waals surface area contributed by atoms with E-state index in [4.69, 9.17) is 0 Å². The quantitative estimate of drug-likeness (QED) is 0.814. The molecule has 0 aromatic carbocycles. The van der Waals surface area contributed by atoms with Crippen LogP contribution in [0.15, 0.2) is 16.7 Å². The third kappa shape index (κ3) is 2.04. The van der Waals surface area contributed by atoms with Crippen molar-refractivity contribution in [3.05, 3.63) is 33.8 Å². The van der Waals surface area contributed by atoms with Gasteiger partial charge < -0.3 is 0 Å². The Balaban J connectivity index is 2.50. The van der Waals surface area contributed by atoms with Gasteiger partial charge in [-0.15, -0.1) is 0 Å². The predicted octanol–water partition coefficient (Wildman–Crippen LogP) is 1.94. The van der Waals surface area contributed by atoms with Gasteiger partial charge in [-0.2, -0.15) is 10.2 Å². The van der Waals surface area contributed by atoms with Crippen molar-refractivity contribution in [2.75, 3.05) is 0 Å². The van der Waals surface area contributed by atoms with Gasteiger partial charge in [0, 0.05) is 13.6 Å². The molecule has 0 fully saturated rings. The lowest BCUT2D eigenvalue weighted by atomic mass is 10.2. The summed E-state index contributed by atoms with van der Waals surface area (Å²) in [5.74, 6) is -0.0701. The van der Waals surface area contributed by atoms with Crippen molar-refractivity contribution in [2.45, 2.75) is 20.4 Å². The fourth-order valence-corrected chi connectivity index (χ4v) is 2.25. The number of rotatable bonds is 3. The van der Waals surface area contributed by atoms with E-state index in [0.29, 0.717) is 22.4 Å². The average molecular weight is 297 g/mol. The molecular weight excluding hydrogens is 284 g/mol. The lowest BCUT2D eigenvalue weighted by Crippen LogP contribution is -2.14. The number of hydrogen-bond donors (Lipinski definition) is 0. The monoisotopic (exact) mass is 296 g/mol. The molecule has 0 bridgehead atoms. The van der Waals surface area contributed by atoms with Gasteiger partial charge in [-0.1, -0.05) is 0 Å². The van der Waals surface area contributed by atoms with E-state index < -0.39 is 0 Å². The van der Waals surface area contributed by atoms with Gasteiger partial charge in [-0.05, 0) is 35.8 Å². The second-order valence-electron chi connectivity index (χ2n) is 3.78. The van der Waals surface area contributed by atoms with Crippen LogP contribution in [0.1, 0.15) is 28.8 Å². The summed E-state index contributed by atoms with van der Waals surface area (Å²) in [6.07, 6.45) is 1.64. The summed E-state index contributed by atoms with van der Waals surface area (Å²) in [5.41, 5.74) is 1.96. The van der Waals surface area contributed by atoms with Crippen LogP contribution in [0.4, 0.5) is 0 Å². The number of carbonyl (C=O) groups is 1. The maximum absolute atomic E-state index is 12.4. The number of halogens is 1. The van der Waals surface area contributed by atoms with E-state index in [1.54, 1.807) is 28.7 Å². The van der Waals surface area contributed by atoms with Crippen molar-refractivity contribution >= 4 is 21.7 Å². The molecule has 17 heavy (non-hydrogen) atoms. The largest absolute Gasteiger partial charge is 0.285 e. The molecule has 2 aromatic heterocycles. The topological polar surface area (TPSA) is 52.7 Å². The van der Waals surface area contributed by atoms with Crippen LogP contribution in [0, 0.1) is 6.92 Å². The minimum Gasteiger partial charge on any atom is -0.285 e. The van der Waals surface area contributed by atoms with Gasteiger partial charge in [-0.25, -0.2) is 0 Å². The summed E-state index contributed by atoms with van der Waals surface area (Å²) in [5, 5.41) is 8.31. The fraction of sp³-hybridized carbons (Fsp3) is 0.364. The standard InChI is InChI=1S/C11H13BrN4O/c1-4-16-10(8(12)6-13-16)11(17)9-5-7(2)14-15(9)3/h5-6H,4H2,1-3H3. The lowest BCUT2D eigenvalue weighted by molar-refractivity contribution is 0.101. The highest BCUT2D eigenvalue weighted by atomic mass is 79.9. The summed E-state index contributed by atoms with van der Waals surface area (Å²) in [6.45, 7) is 4.47. The molecule has 2 heterocycles. The van der Waals surface area contributed by atoms with Crippen molar-refractivity contribution in [1.82, 2.24) is 19.6 Å². The van der Waals surface area contributed by atoms with Gasteiger partial charge in [0.25, 0.3) is 0 Å². The first-order valence-electron chi connectivity index (χ1n) is 5.31. The second-order valence-corrected chi connectivity index (χ2v) is 4.63. The summed E-state index contributed by atoms with van der Waals surface area (Å²) < 4.78 is 3.98. The highest BCUT2D eigenvalue weighted by Crippen LogP contribution is 2.20. The Hall–Kier alpha value is -1.43. The van der Waals surface area contributed by atoms with Crippen LogP contribution >= 0.6 is 15.9 Å². The third-order valence-corrected chi connectivity index (χ3v) is 3.12. The number of nitrogens with zero attached hydrogens (tertiary/aromatic N) is 4. The molecule has 2 aromatic rings. The molecule has 5 nitrogen and oxygen atoms in total. The van der Waals surface area contributed by atoms with Crippen molar-refractivity contribution in [1.29, 1.82) is 0 Å². The molecule has 0 unspecified atom stereocenters. The number of aromatic nitrogens is 4. The van der Waals surface area contributed by atoms with Crippen LogP contribution < -0.4 is 0 Å². The molecule has 0 aliphatic rings. The first kappa shape index (κ1) is 12.0. The smallest absolute Gasteiger partial charge is 0.230 e. The predicted molar refractivity (Wildman–Crippen MR) is 67.0 cm³/mol. The van der Waals surface area contributed by atoms with Gasteiger partial charge in [-0.3, -0.25) is 14.2 Å². The summed E-state index contributed by atoms with van der Waals surface area (Å²) in [4.78, 5) is 12.4. The summed E-state index contributed by atoms with van der Waals surface area (Å²) >= 11 is 3.35. The maximum Gasteiger partial charge on any atom is 0.230 e. The van der Waals surface area contributed by atoms with Crippen LogP contribution in [-0.4, -0.2) is 25.3 Å². The molecule has 0 aliphatic heterocycles. The van der Waals surface area contributed by atoms with E-state index in [1.165, 1.54) is 0 Å². The number of ketones is 1. The number of carbonyl (C=O) groups excluding carboxylic acids is 1. The van der Waals surface area contributed by atoms with Crippen LogP contribution in [0.3, 0.4) is 0 Å². The summed E-state index contributed by atoms with van der Waals surface area (Å²) in [6, 6.07) is 1.78. The van der Waals surface area contributed by atoms with E-state index >= 15 is 0 Å². The molecule has 0 aliphatic carbocycles. The second kappa shape index (κ2) is 4.44. The molecule has 0 amide bonds. The molecule has 0 N–H and O–H groups in total. The Labute approximate surface area is 108 Å². The Morgan fingerprint density at radius 3 is 2.76 bits per heavy atom. The Bertz CT molecular complexity index is 570. The summed E-state index contributed by atoms with van der Waals surface area (Å²) in [7, 11) is 1.76. The lowest BCUT2D eigenvalue weighted by Gasteiger charge is -2.04. The van der Waals surface area contributed by atoms with Crippen molar-refractivity contribution < 1.29 is 4.79 Å². The van der Waals surface area contributed by atoms with Gasteiger partial charge in [0.05, 0.1) is 16.4 Å². The van der Waals surface area contributed by atoms with Crippen LogP contribution in [0.2, 0.25) is 0 Å². The Morgan fingerprint density at radius 2 is 2.24 bits per heavy atom. The van der Waals surface area contributed by atoms with E-state index in [9.17, 15) is 4.79 Å². The van der Waals surface area contributed by atoms with Crippen LogP contribution in [0.5, 0.6) is 0 Å². The molecule has 2 rings (SSSR count). The Kier molecular flexibility index (Phi) is 3.15. The molecule has 0 saturated carbocycles. The normalized spacial score (nSPS) is 10.8. The maximum atomic E-state index is 12.4. The molecule has 0 saturated heterocycles. The zero-order valence-corrected chi connectivity index (χ0v) is 11.5. The van der Waals surface area contributed by atoms with Crippen LogP contribution in [0.25, 0.3) is 0 Å². The molecule has 0 radical (unpaired) electrons. The van der Waals surface area contributed by atoms with Gasteiger partial charge in [0.2, 0.25) is 5.78 Å².